The van der Waals surface area contributed by atoms with Gasteiger partial charge in [-0.2, -0.15) is 0 Å². The molecule has 1 aromatic carbocycles. The van der Waals surface area contributed by atoms with Crippen LogP contribution in [0, 0.1) is 5.92 Å². The standard InChI is InChI=1S/C16H23N5O2/c1-4-21-12-8-6-5-7-11(12)19-16(21)20-13(22)9-18-15(23)14(17)10(2)3/h5-8,10,14H,4,9,17H2,1-3H3,(H,18,23)(H,19,20,22)/t14-/m0/s1. The smallest absolute Gasteiger partial charge is 0.246 e. The molecule has 1 aromatic heterocycles. The largest absolute Gasteiger partial charge is 0.346 e. The minimum Gasteiger partial charge on any atom is -0.346 e. The molecule has 0 radical (unpaired) electrons. The maximum absolute atomic E-state index is 12.0. The van der Waals surface area contributed by atoms with E-state index >= 15 is 0 Å². The summed E-state index contributed by atoms with van der Waals surface area (Å²) in [4.78, 5) is 28.2. The number of rotatable bonds is 6. The van der Waals surface area contributed by atoms with Crippen molar-refractivity contribution in [1.82, 2.24) is 14.9 Å². The molecule has 0 fully saturated rings. The lowest BCUT2D eigenvalue weighted by Gasteiger charge is -2.15. The molecule has 2 rings (SSSR count). The van der Waals surface area contributed by atoms with Gasteiger partial charge in [0, 0.05) is 6.54 Å². The van der Waals surface area contributed by atoms with Crippen molar-refractivity contribution in [3.63, 3.8) is 0 Å². The second kappa shape index (κ2) is 7.23. The number of anilines is 1. The van der Waals surface area contributed by atoms with Gasteiger partial charge in [0.2, 0.25) is 17.8 Å². The molecular weight excluding hydrogens is 294 g/mol. The third-order valence-electron chi connectivity index (χ3n) is 3.67. The highest BCUT2D eigenvalue weighted by Gasteiger charge is 2.18. The monoisotopic (exact) mass is 317 g/mol. The van der Waals surface area contributed by atoms with E-state index in [9.17, 15) is 9.59 Å². The number of aromatic nitrogens is 2. The first kappa shape index (κ1) is 17.0. The number of nitrogens with two attached hydrogens (primary N) is 1. The van der Waals surface area contributed by atoms with Gasteiger partial charge in [0.25, 0.3) is 0 Å². The van der Waals surface area contributed by atoms with Gasteiger partial charge in [-0.05, 0) is 25.0 Å². The van der Waals surface area contributed by atoms with E-state index in [1.54, 1.807) is 0 Å². The van der Waals surface area contributed by atoms with Crippen molar-refractivity contribution in [1.29, 1.82) is 0 Å². The van der Waals surface area contributed by atoms with E-state index in [0.717, 1.165) is 11.0 Å². The number of imidazole rings is 1. The van der Waals surface area contributed by atoms with E-state index in [0.29, 0.717) is 12.5 Å². The molecule has 0 aliphatic heterocycles. The number of para-hydroxylation sites is 2. The van der Waals surface area contributed by atoms with E-state index in [1.807, 2.05) is 49.6 Å². The molecule has 0 aliphatic carbocycles. The Kier molecular flexibility index (Phi) is 5.33. The second-order valence-corrected chi connectivity index (χ2v) is 5.70. The number of hydrogen-bond acceptors (Lipinski definition) is 4. The molecule has 0 spiro atoms. The van der Waals surface area contributed by atoms with Crippen LogP contribution in [0.4, 0.5) is 5.95 Å². The van der Waals surface area contributed by atoms with Crippen LogP contribution >= 0.6 is 0 Å². The van der Waals surface area contributed by atoms with Crippen LogP contribution in [-0.4, -0.2) is 34.0 Å². The number of carbonyl (C=O) groups excluding carboxylic acids is 2. The summed E-state index contributed by atoms with van der Waals surface area (Å²) < 4.78 is 1.91. The van der Waals surface area contributed by atoms with Gasteiger partial charge in [-0.1, -0.05) is 26.0 Å². The fourth-order valence-electron chi connectivity index (χ4n) is 2.25. The molecular formula is C16H23N5O2. The van der Waals surface area contributed by atoms with E-state index in [4.69, 9.17) is 5.73 Å². The Morgan fingerprint density at radius 2 is 2.00 bits per heavy atom. The predicted molar refractivity (Wildman–Crippen MR) is 89.9 cm³/mol. The van der Waals surface area contributed by atoms with Gasteiger partial charge in [-0.15, -0.1) is 0 Å². The molecule has 2 aromatic rings. The molecule has 1 atom stereocenters. The van der Waals surface area contributed by atoms with Crippen LogP contribution < -0.4 is 16.4 Å². The lowest BCUT2D eigenvalue weighted by molar-refractivity contribution is -0.125. The number of carbonyl (C=O) groups is 2. The topological polar surface area (TPSA) is 102 Å². The third-order valence-corrected chi connectivity index (χ3v) is 3.67. The Balaban J connectivity index is 2.02. The number of nitrogens with one attached hydrogen (secondary N) is 2. The zero-order chi connectivity index (χ0) is 17.0. The van der Waals surface area contributed by atoms with Crippen LogP contribution in [0.3, 0.4) is 0 Å². The summed E-state index contributed by atoms with van der Waals surface area (Å²) in [5.74, 6) is -0.179. The SMILES string of the molecule is CCn1c(NC(=O)CNC(=O)[C@@H](N)C(C)C)nc2ccccc21. The quantitative estimate of drug-likeness (QED) is 0.742. The number of nitrogens with zero attached hydrogens (tertiary/aromatic N) is 2. The number of hydrogen-bond donors (Lipinski definition) is 3. The van der Waals surface area contributed by atoms with Crippen LogP contribution in [0.25, 0.3) is 11.0 Å². The van der Waals surface area contributed by atoms with Gasteiger partial charge >= 0.3 is 0 Å². The number of benzene rings is 1. The Morgan fingerprint density at radius 1 is 1.30 bits per heavy atom. The zero-order valence-corrected chi connectivity index (χ0v) is 13.7. The van der Waals surface area contributed by atoms with Gasteiger partial charge < -0.3 is 15.6 Å². The average molecular weight is 317 g/mol. The Morgan fingerprint density at radius 3 is 2.65 bits per heavy atom. The van der Waals surface area contributed by atoms with Crippen molar-refractivity contribution in [3.8, 4) is 0 Å². The highest BCUT2D eigenvalue weighted by molar-refractivity contribution is 5.95. The molecule has 2 amide bonds. The summed E-state index contributed by atoms with van der Waals surface area (Å²) in [6, 6.07) is 7.04. The molecule has 7 heteroatoms. The van der Waals surface area contributed by atoms with Gasteiger partial charge in [0.15, 0.2) is 0 Å². The van der Waals surface area contributed by atoms with Crippen LogP contribution in [0.1, 0.15) is 20.8 Å². The molecule has 0 saturated carbocycles. The molecule has 124 valence electrons. The molecule has 0 unspecified atom stereocenters. The molecule has 23 heavy (non-hydrogen) atoms. The van der Waals surface area contributed by atoms with E-state index in [2.05, 4.69) is 15.6 Å². The van der Waals surface area contributed by atoms with E-state index in [1.165, 1.54) is 0 Å². The average Bonchev–Trinajstić information content (AvgIpc) is 2.88. The summed E-state index contributed by atoms with van der Waals surface area (Å²) in [5, 5.41) is 5.27. The minimum absolute atomic E-state index is 0.0161. The van der Waals surface area contributed by atoms with Crippen molar-refractivity contribution in [3.05, 3.63) is 24.3 Å². The summed E-state index contributed by atoms with van der Waals surface area (Å²) in [6.45, 7) is 6.24. The molecule has 1 heterocycles. The second-order valence-electron chi connectivity index (χ2n) is 5.70. The maximum Gasteiger partial charge on any atom is 0.246 e. The first-order valence-corrected chi connectivity index (χ1v) is 7.72. The van der Waals surface area contributed by atoms with E-state index < -0.39 is 6.04 Å². The third kappa shape index (κ3) is 3.87. The van der Waals surface area contributed by atoms with Crippen molar-refractivity contribution in [2.75, 3.05) is 11.9 Å². The van der Waals surface area contributed by atoms with Crippen LogP contribution in [-0.2, 0) is 16.1 Å². The van der Waals surface area contributed by atoms with Crippen molar-refractivity contribution >= 4 is 28.8 Å². The van der Waals surface area contributed by atoms with Crippen LogP contribution in [0.15, 0.2) is 24.3 Å². The number of amides is 2. The van der Waals surface area contributed by atoms with Gasteiger partial charge in [0.1, 0.15) is 0 Å². The van der Waals surface area contributed by atoms with Gasteiger partial charge in [-0.25, -0.2) is 4.98 Å². The Labute approximate surface area is 135 Å². The lowest BCUT2D eigenvalue weighted by atomic mass is 10.1. The highest BCUT2D eigenvalue weighted by atomic mass is 16.2. The lowest BCUT2D eigenvalue weighted by Crippen LogP contribution is -2.46. The summed E-state index contributed by atoms with van der Waals surface area (Å²) in [6.07, 6.45) is 0. The molecule has 4 N–H and O–H groups in total. The molecule has 0 bridgehead atoms. The van der Waals surface area contributed by atoms with Crippen molar-refractivity contribution < 1.29 is 9.59 Å². The number of fused-ring (bicyclic) bond motifs is 1. The first-order valence-electron chi connectivity index (χ1n) is 7.72. The van der Waals surface area contributed by atoms with E-state index in [-0.39, 0.29) is 24.3 Å². The van der Waals surface area contributed by atoms with Crippen LogP contribution in [0.5, 0.6) is 0 Å². The molecule has 0 saturated heterocycles. The summed E-state index contributed by atoms with van der Waals surface area (Å²) >= 11 is 0. The number of aryl methyl sites for hydroxylation is 1. The minimum atomic E-state index is -0.622. The summed E-state index contributed by atoms with van der Waals surface area (Å²) in [7, 11) is 0. The highest BCUT2D eigenvalue weighted by Crippen LogP contribution is 2.19. The summed E-state index contributed by atoms with van der Waals surface area (Å²) in [5.41, 5.74) is 7.51. The van der Waals surface area contributed by atoms with Gasteiger partial charge in [0.05, 0.1) is 23.6 Å². The molecule has 7 nitrogen and oxygen atoms in total. The molecule has 0 aliphatic rings. The zero-order valence-electron chi connectivity index (χ0n) is 13.7. The fourth-order valence-corrected chi connectivity index (χ4v) is 2.25. The van der Waals surface area contributed by atoms with Crippen molar-refractivity contribution in [2.24, 2.45) is 11.7 Å². The maximum atomic E-state index is 12.0. The van der Waals surface area contributed by atoms with Gasteiger partial charge in [-0.3, -0.25) is 14.9 Å². The Hall–Kier alpha value is -2.41. The predicted octanol–water partition coefficient (Wildman–Crippen LogP) is 1.09. The van der Waals surface area contributed by atoms with Crippen molar-refractivity contribution in [2.45, 2.75) is 33.4 Å². The normalized spacial score (nSPS) is 12.4. The Bertz CT molecular complexity index is 708. The first-order chi connectivity index (χ1) is 10.9. The fraction of sp³-hybridized carbons (Fsp3) is 0.438. The van der Waals surface area contributed by atoms with Crippen LogP contribution in [0.2, 0.25) is 0 Å².